The predicted molar refractivity (Wildman–Crippen MR) is 76.2 cm³/mol. The van der Waals surface area contributed by atoms with Crippen molar-refractivity contribution in [1.82, 2.24) is 10.2 Å². The van der Waals surface area contributed by atoms with Gasteiger partial charge in [-0.15, -0.1) is 0 Å². The normalized spacial score (nSPS) is 30.9. The van der Waals surface area contributed by atoms with E-state index in [1.54, 1.807) is 4.90 Å². The molecular formula is C15H26N2O3. The van der Waals surface area contributed by atoms with Crippen LogP contribution in [-0.2, 0) is 14.3 Å². The lowest BCUT2D eigenvalue weighted by atomic mass is 9.89. The molecule has 0 bridgehead atoms. The van der Waals surface area contributed by atoms with Crippen molar-refractivity contribution in [3.8, 4) is 0 Å². The Morgan fingerprint density at radius 3 is 2.55 bits per heavy atom. The molecule has 2 rings (SSSR count). The largest absolute Gasteiger partial charge is 0.377 e. The van der Waals surface area contributed by atoms with Crippen LogP contribution in [0.25, 0.3) is 0 Å². The maximum atomic E-state index is 12.7. The molecule has 114 valence electrons. The smallest absolute Gasteiger partial charge is 0.246 e. The van der Waals surface area contributed by atoms with E-state index >= 15 is 0 Å². The van der Waals surface area contributed by atoms with Gasteiger partial charge in [0.1, 0.15) is 11.6 Å². The molecule has 2 fully saturated rings. The Morgan fingerprint density at radius 2 is 2.05 bits per heavy atom. The van der Waals surface area contributed by atoms with Gasteiger partial charge in [-0.25, -0.2) is 0 Å². The molecule has 0 spiro atoms. The number of rotatable bonds is 6. The molecule has 1 saturated heterocycles. The number of nitrogens with zero attached hydrogens (tertiary/aromatic N) is 1. The minimum atomic E-state index is -0.747. The Bertz CT molecular complexity index is 393. The highest BCUT2D eigenvalue weighted by Crippen LogP contribution is 2.37. The van der Waals surface area contributed by atoms with Gasteiger partial charge < -0.3 is 15.0 Å². The van der Waals surface area contributed by atoms with E-state index in [4.69, 9.17) is 4.74 Å². The van der Waals surface area contributed by atoms with E-state index in [0.717, 1.165) is 12.8 Å². The highest BCUT2D eigenvalue weighted by atomic mass is 16.5. The minimum absolute atomic E-state index is 0.0268. The Kier molecular flexibility index (Phi) is 4.37. The van der Waals surface area contributed by atoms with E-state index < -0.39 is 5.54 Å². The Morgan fingerprint density at radius 1 is 1.40 bits per heavy atom. The van der Waals surface area contributed by atoms with Crippen LogP contribution >= 0.6 is 0 Å². The number of nitrogens with one attached hydrogen (secondary N) is 1. The van der Waals surface area contributed by atoms with Crippen molar-refractivity contribution in [2.24, 2.45) is 5.92 Å². The van der Waals surface area contributed by atoms with Gasteiger partial charge in [0.15, 0.2) is 0 Å². The van der Waals surface area contributed by atoms with Gasteiger partial charge in [0.2, 0.25) is 11.8 Å². The average molecular weight is 282 g/mol. The number of piperazine rings is 1. The second-order valence-corrected chi connectivity index (χ2v) is 6.33. The third kappa shape index (κ3) is 2.82. The summed E-state index contributed by atoms with van der Waals surface area (Å²) in [4.78, 5) is 26.8. The Labute approximate surface area is 121 Å². The van der Waals surface area contributed by atoms with Gasteiger partial charge in [0.05, 0.1) is 12.7 Å². The van der Waals surface area contributed by atoms with Gasteiger partial charge in [0, 0.05) is 6.54 Å². The number of hydrogen-bond acceptors (Lipinski definition) is 3. The first kappa shape index (κ1) is 15.3. The topological polar surface area (TPSA) is 58.6 Å². The first-order chi connectivity index (χ1) is 9.40. The van der Waals surface area contributed by atoms with Gasteiger partial charge in [-0.3, -0.25) is 9.59 Å². The fourth-order valence-electron chi connectivity index (χ4n) is 2.73. The van der Waals surface area contributed by atoms with Gasteiger partial charge in [-0.1, -0.05) is 6.92 Å². The molecule has 0 aromatic rings. The summed E-state index contributed by atoms with van der Waals surface area (Å²) >= 11 is 0. The van der Waals surface area contributed by atoms with Crippen LogP contribution < -0.4 is 5.32 Å². The third-order valence-electron chi connectivity index (χ3n) is 4.45. The summed E-state index contributed by atoms with van der Waals surface area (Å²) in [5.74, 6) is 0.367. The minimum Gasteiger partial charge on any atom is -0.377 e. The summed E-state index contributed by atoms with van der Waals surface area (Å²) in [6.45, 7) is 8.69. The lowest BCUT2D eigenvalue weighted by Crippen LogP contribution is -2.70. The van der Waals surface area contributed by atoms with Crippen LogP contribution in [0, 0.1) is 5.92 Å². The molecule has 1 N–H and O–H groups in total. The molecule has 2 unspecified atom stereocenters. The molecule has 20 heavy (non-hydrogen) atoms. The van der Waals surface area contributed by atoms with Crippen molar-refractivity contribution in [3.05, 3.63) is 0 Å². The molecule has 2 atom stereocenters. The monoisotopic (exact) mass is 282 g/mol. The molecule has 1 aliphatic heterocycles. The fraction of sp³-hybridized carbons (Fsp3) is 0.867. The predicted octanol–water partition coefficient (Wildman–Crippen LogP) is 1.32. The van der Waals surface area contributed by atoms with E-state index in [2.05, 4.69) is 5.32 Å². The van der Waals surface area contributed by atoms with Crippen molar-refractivity contribution in [2.75, 3.05) is 13.2 Å². The van der Waals surface area contributed by atoms with Crippen molar-refractivity contribution < 1.29 is 14.3 Å². The zero-order valence-corrected chi connectivity index (χ0v) is 12.9. The Balaban J connectivity index is 2.11. The molecular weight excluding hydrogens is 256 g/mol. The first-order valence-electron chi connectivity index (χ1n) is 7.64. The van der Waals surface area contributed by atoms with Crippen LogP contribution in [0.4, 0.5) is 0 Å². The number of carbonyl (C=O) groups excluding carboxylic acids is 2. The van der Waals surface area contributed by atoms with Gasteiger partial charge in [-0.05, 0) is 46.0 Å². The van der Waals surface area contributed by atoms with Crippen LogP contribution in [0.3, 0.4) is 0 Å². The van der Waals surface area contributed by atoms with Crippen LogP contribution in [0.2, 0.25) is 0 Å². The Hall–Kier alpha value is -1.10. The van der Waals surface area contributed by atoms with Gasteiger partial charge in [-0.2, -0.15) is 0 Å². The van der Waals surface area contributed by atoms with Gasteiger partial charge in [0.25, 0.3) is 0 Å². The summed E-state index contributed by atoms with van der Waals surface area (Å²) in [5, 5.41) is 2.93. The zero-order chi connectivity index (χ0) is 14.9. The SMILES string of the molecule is CCC1(C)C(=O)NC(C2CC2)C(=O)N1CCOC(C)C. The van der Waals surface area contributed by atoms with E-state index in [-0.39, 0.29) is 24.0 Å². The highest BCUT2D eigenvalue weighted by Gasteiger charge is 2.51. The van der Waals surface area contributed by atoms with Crippen LogP contribution in [0.1, 0.15) is 47.0 Å². The highest BCUT2D eigenvalue weighted by molar-refractivity contribution is 5.99. The third-order valence-corrected chi connectivity index (χ3v) is 4.45. The van der Waals surface area contributed by atoms with E-state index in [0.29, 0.717) is 25.5 Å². The molecule has 5 nitrogen and oxygen atoms in total. The summed E-state index contributed by atoms with van der Waals surface area (Å²) in [7, 11) is 0. The lowest BCUT2D eigenvalue weighted by Gasteiger charge is -2.46. The van der Waals surface area contributed by atoms with Crippen molar-refractivity contribution in [1.29, 1.82) is 0 Å². The lowest BCUT2D eigenvalue weighted by molar-refractivity contribution is -0.158. The molecule has 0 aromatic heterocycles. The quantitative estimate of drug-likeness (QED) is 0.799. The molecule has 2 amide bonds. The summed E-state index contributed by atoms with van der Waals surface area (Å²) in [6.07, 6.45) is 2.82. The van der Waals surface area contributed by atoms with Gasteiger partial charge >= 0.3 is 0 Å². The van der Waals surface area contributed by atoms with Crippen molar-refractivity contribution in [2.45, 2.75) is 64.6 Å². The van der Waals surface area contributed by atoms with Crippen LogP contribution in [0.5, 0.6) is 0 Å². The molecule has 2 aliphatic rings. The molecule has 5 heteroatoms. The molecule has 0 aromatic carbocycles. The van der Waals surface area contributed by atoms with Crippen LogP contribution in [-0.4, -0.2) is 47.6 Å². The van der Waals surface area contributed by atoms with Crippen LogP contribution in [0.15, 0.2) is 0 Å². The molecule has 0 radical (unpaired) electrons. The summed E-state index contributed by atoms with van der Waals surface area (Å²) in [5.41, 5.74) is -0.747. The zero-order valence-electron chi connectivity index (χ0n) is 12.9. The number of carbonyl (C=O) groups is 2. The molecule has 1 saturated carbocycles. The second-order valence-electron chi connectivity index (χ2n) is 6.33. The van der Waals surface area contributed by atoms with E-state index in [9.17, 15) is 9.59 Å². The van der Waals surface area contributed by atoms with E-state index in [1.807, 2.05) is 27.7 Å². The number of amides is 2. The summed E-state index contributed by atoms with van der Waals surface area (Å²) in [6, 6.07) is -0.318. The van der Waals surface area contributed by atoms with E-state index in [1.165, 1.54) is 0 Å². The maximum absolute atomic E-state index is 12.7. The number of ether oxygens (including phenoxy) is 1. The fourth-order valence-corrected chi connectivity index (χ4v) is 2.73. The number of hydrogen-bond donors (Lipinski definition) is 1. The second kappa shape index (κ2) is 5.72. The van der Waals surface area contributed by atoms with Crippen molar-refractivity contribution >= 4 is 11.8 Å². The average Bonchev–Trinajstić information content (AvgIpc) is 3.22. The molecule has 1 aliphatic carbocycles. The maximum Gasteiger partial charge on any atom is 0.246 e. The first-order valence-corrected chi connectivity index (χ1v) is 7.64. The standard InChI is InChI=1S/C15H26N2O3/c1-5-15(4)14(19)16-12(11-6-7-11)13(18)17(15)8-9-20-10(2)3/h10-12H,5-9H2,1-4H3,(H,16,19). The van der Waals surface area contributed by atoms with Crippen molar-refractivity contribution in [3.63, 3.8) is 0 Å². The molecule has 1 heterocycles. The summed E-state index contributed by atoms with van der Waals surface area (Å²) < 4.78 is 5.55.